The van der Waals surface area contributed by atoms with Gasteiger partial charge in [0.2, 0.25) is 6.10 Å². The SMILES string of the molecule is CCn1ncc(C2=NO[C@@H](C(=O)Nc3ccc(F)cc3F)C2)c1C. The van der Waals surface area contributed by atoms with Crippen LogP contribution in [0.4, 0.5) is 14.5 Å². The topological polar surface area (TPSA) is 68.5 Å². The van der Waals surface area contributed by atoms with E-state index >= 15 is 0 Å². The van der Waals surface area contributed by atoms with E-state index in [9.17, 15) is 13.6 Å². The zero-order chi connectivity index (χ0) is 17.3. The van der Waals surface area contributed by atoms with Crippen LogP contribution in [0.3, 0.4) is 0 Å². The third-order valence-corrected chi connectivity index (χ3v) is 3.86. The van der Waals surface area contributed by atoms with Crippen molar-refractivity contribution in [3.05, 3.63) is 47.3 Å². The summed E-state index contributed by atoms with van der Waals surface area (Å²) in [5, 5.41) is 10.6. The molecule has 1 aliphatic rings. The predicted octanol–water partition coefficient (Wildman–Crippen LogP) is 2.62. The number of amides is 1. The molecule has 24 heavy (non-hydrogen) atoms. The Bertz CT molecular complexity index is 816. The number of rotatable bonds is 4. The monoisotopic (exact) mass is 334 g/mol. The Kier molecular flexibility index (Phi) is 4.28. The van der Waals surface area contributed by atoms with Crippen molar-refractivity contribution >= 4 is 17.3 Å². The summed E-state index contributed by atoms with van der Waals surface area (Å²) >= 11 is 0. The maximum absolute atomic E-state index is 13.6. The lowest BCUT2D eigenvalue weighted by atomic mass is 10.1. The van der Waals surface area contributed by atoms with E-state index in [2.05, 4.69) is 15.6 Å². The number of anilines is 1. The first-order valence-corrected chi connectivity index (χ1v) is 7.51. The smallest absolute Gasteiger partial charge is 0.268 e. The summed E-state index contributed by atoms with van der Waals surface area (Å²) in [5.41, 5.74) is 2.27. The zero-order valence-corrected chi connectivity index (χ0v) is 13.2. The lowest BCUT2D eigenvalue weighted by Gasteiger charge is -2.10. The third kappa shape index (κ3) is 2.99. The van der Waals surface area contributed by atoms with E-state index in [1.54, 1.807) is 6.20 Å². The van der Waals surface area contributed by atoms with Gasteiger partial charge in [-0.3, -0.25) is 9.48 Å². The lowest BCUT2D eigenvalue weighted by Crippen LogP contribution is -2.28. The minimum Gasteiger partial charge on any atom is -0.382 e. The highest BCUT2D eigenvalue weighted by Crippen LogP contribution is 2.21. The van der Waals surface area contributed by atoms with Crippen molar-refractivity contribution in [2.45, 2.75) is 32.9 Å². The van der Waals surface area contributed by atoms with Crippen LogP contribution in [0, 0.1) is 18.6 Å². The molecule has 0 saturated heterocycles. The number of halogens is 2. The fourth-order valence-corrected chi connectivity index (χ4v) is 2.53. The molecule has 0 bridgehead atoms. The normalized spacial score (nSPS) is 16.7. The van der Waals surface area contributed by atoms with Crippen molar-refractivity contribution in [1.82, 2.24) is 9.78 Å². The first-order valence-electron chi connectivity index (χ1n) is 7.51. The van der Waals surface area contributed by atoms with Crippen LogP contribution >= 0.6 is 0 Å². The molecule has 1 atom stereocenters. The number of hydrogen-bond donors (Lipinski definition) is 1. The molecule has 6 nitrogen and oxygen atoms in total. The zero-order valence-electron chi connectivity index (χ0n) is 13.2. The number of oxime groups is 1. The van der Waals surface area contributed by atoms with E-state index in [0.717, 1.165) is 29.9 Å². The highest BCUT2D eigenvalue weighted by atomic mass is 19.1. The largest absolute Gasteiger partial charge is 0.382 e. The first kappa shape index (κ1) is 16.1. The minimum atomic E-state index is -0.867. The molecule has 8 heteroatoms. The molecular weight excluding hydrogens is 318 g/mol. The fraction of sp³-hybridized carbons (Fsp3) is 0.312. The number of nitrogens with one attached hydrogen (secondary N) is 1. The summed E-state index contributed by atoms with van der Waals surface area (Å²) in [4.78, 5) is 17.3. The van der Waals surface area contributed by atoms with Gasteiger partial charge in [-0.1, -0.05) is 5.16 Å². The molecule has 1 amide bonds. The Morgan fingerprint density at radius 2 is 2.25 bits per heavy atom. The van der Waals surface area contributed by atoms with Crippen molar-refractivity contribution in [1.29, 1.82) is 0 Å². The second-order valence-corrected chi connectivity index (χ2v) is 5.41. The first-order chi connectivity index (χ1) is 11.5. The molecule has 1 aromatic heterocycles. The predicted molar refractivity (Wildman–Crippen MR) is 83.7 cm³/mol. The average Bonchev–Trinajstić information content (AvgIpc) is 3.16. The van der Waals surface area contributed by atoms with Gasteiger partial charge in [0.15, 0.2) is 0 Å². The Morgan fingerprint density at radius 3 is 2.92 bits per heavy atom. The van der Waals surface area contributed by atoms with Gasteiger partial charge in [0.25, 0.3) is 5.91 Å². The van der Waals surface area contributed by atoms with Gasteiger partial charge in [0, 0.05) is 30.3 Å². The summed E-state index contributed by atoms with van der Waals surface area (Å²) in [5.74, 6) is -2.10. The Labute approximate surface area is 137 Å². The van der Waals surface area contributed by atoms with E-state index < -0.39 is 23.6 Å². The molecule has 126 valence electrons. The van der Waals surface area contributed by atoms with Gasteiger partial charge in [-0.05, 0) is 26.0 Å². The molecule has 2 aromatic rings. The molecular formula is C16H16F2N4O2. The van der Waals surface area contributed by atoms with Crippen molar-refractivity contribution in [3.8, 4) is 0 Å². The molecule has 1 N–H and O–H groups in total. The third-order valence-electron chi connectivity index (χ3n) is 3.86. The van der Waals surface area contributed by atoms with Crippen LogP contribution in [-0.4, -0.2) is 27.5 Å². The molecule has 1 aromatic carbocycles. The van der Waals surface area contributed by atoms with Crippen LogP contribution in [0.2, 0.25) is 0 Å². The highest BCUT2D eigenvalue weighted by molar-refractivity contribution is 6.06. The maximum Gasteiger partial charge on any atom is 0.268 e. The summed E-state index contributed by atoms with van der Waals surface area (Å²) in [6.45, 7) is 4.62. The minimum absolute atomic E-state index is 0.103. The van der Waals surface area contributed by atoms with Crippen molar-refractivity contribution in [3.63, 3.8) is 0 Å². The van der Waals surface area contributed by atoms with Crippen LogP contribution in [-0.2, 0) is 16.2 Å². The lowest BCUT2D eigenvalue weighted by molar-refractivity contribution is -0.125. The van der Waals surface area contributed by atoms with Gasteiger partial charge in [0.05, 0.1) is 17.6 Å². The number of aryl methyl sites for hydroxylation is 1. The van der Waals surface area contributed by atoms with E-state index in [4.69, 9.17) is 4.84 Å². The van der Waals surface area contributed by atoms with Crippen molar-refractivity contribution < 1.29 is 18.4 Å². The van der Waals surface area contributed by atoms with Crippen LogP contribution in [0.1, 0.15) is 24.6 Å². The van der Waals surface area contributed by atoms with E-state index in [-0.39, 0.29) is 12.1 Å². The molecule has 1 aliphatic heterocycles. The number of hydrogen-bond acceptors (Lipinski definition) is 4. The Balaban J connectivity index is 1.68. The summed E-state index contributed by atoms with van der Waals surface area (Å²) < 4.78 is 28.3. The molecule has 0 aliphatic carbocycles. The quantitative estimate of drug-likeness (QED) is 0.934. The standard InChI is InChI=1S/C16H16F2N4O2/c1-3-22-9(2)11(8-19-22)14-7-15(24-21-14)16(23)20-13-5-4-10(17)6-12(13)18/h4-6,8,15H,3,7H2,1-2H3,(H,20,23)/t15-/m1/s1. The summed E-state index contributed by atoms with van der Waals surface area (Å²) in [7, 11) is 0. The van der Waals surface area contributed by atoms with E-state index in [0.29, 0.717) is 11.8 Å². The van der Waals surface area contributed by atoms with Gasteiger partial charge in [0.1, 0.15) is 11.6 Å². The Morgan fingerprint density at radius 1 is 1.46 bits per heavy atom. The maximum atomic E-state index is 13.6. The number of carbonyl (C=O) groups excluding carboxylic acids is 1. The average molecular weight is 334 g/mol. The van der Waals surface area contributed by atoms with Gasteiger partial charge < -0.3 is 10.2 Å². The number of benzene rings is 1. The summed E-state index contributed by atoms with van der Waals surface area (Å²) in [6, 6.07) is 2.93. The highest BCUT2D eigenvalue weighted by Gasteiger charge is 2.30. The van der Waals surface area contributed by atoms with Crippen molar-refractivity contribution in [2.75, 3.05) is 5.32 Å². The van der Waals surface area contributed by atoms with Crippen LogP contribution in [0.15, 0.2) is 29.6 Å². The molecule has 0 spiro atoms. The number of carbonyl (C=O) groups is 1. The van der Waals surface area contributed by atoms with Gasteiger partial charge in [-0.15, -0.1) is 0 Å². The molecule has 0 fully saturated rings. The van der Waals surface area contributed by atoms with Crippen LogP contribution in [0.25, 0.3) is 0 Å². The molecule has 0 unspecified atom stereocenters. The van der Waals surface area contributed by atoms with Gasteiger partial charge >= 0.3 is 0 Å². The van der Waals surface area contributed by atoms with E-state index in [1.807, 2.05) is 18.5 Å². The second kappa shape index (κ2) is 6.38. The number of nitrogens with zero attached hydrogens (tertiary/aromatic N) is 3. The van der Waals surface area contributed by atoms with Gasteiger partial charge in [-0.25, -0.2) is 8.78 Å². The molecule has 0 saturated carbocycles. The van der Waals surface area contributed by atoms with E-state index in [1.165, 1.54) is 0 Å². The van der Waals surface area contributed by atoms with Crippen LogP contribution < -0.4 is 5.32 Å². The van der Waals surface area contributed by atoms with Crippen LogP contribution in [0.5, 0.6) is 0 Å². The summed E-state index contributed by atoms with van der Waals surface area (Å²) in [6.07, 6.45) is 1.07. The van der Waals surface area contributed by atoms with Gasteiger partial charge in [-0.2, -0.15) is 5.10 Å². The van der Waals surface area contributed by atoms with Crippen molar-refractivity contribution in [2.24, 2.45) is 5.16 Å². The Hall–Kier alpha value is -2.77. The molecule has 0 radical (unpaired) electrons. The fourth-order valence-electron chi connectivity index (χ4n) is 2.53. The second-order valence-electron chi connectivity index (χ2n) is 5.41. The molecule has 3 rings (SSSR count). The number of aromatic nitrogens is 2. The molecule has 2 heterocycles.